The van der Waals surface area contributed by atoms with Crippen LogP contribution in [0.15, 0.2) is 30.3 Å². The third-order valence-electron chi connectivity index (χ3n) is 3.76. The lowest BCUT2D eigenvalue weighted by atomic mass is 9.91. The van der Waals surface area contributed by atoms with Crippen LogP contribution in [0.5, 0.6) is 0 Å². The van der Waals surface area contributed by atoms with Gasteiger partial charge < -0.3 is 10.8 Å². The van der Waals surface area contributed by atoms with Crippen LogP contribution in [0.25, 0.3) is 11.1 Å². The first-order chi connectivity index (χ1) is 10.8. The lowest BCUT2D eigenvalue weighted by Gasteiger charge is -2.16. The first-order valence-corrected chi connectivity index (χ1v) is 7.12. The van der Waals surface area contributed by atoms with Crippen molar-refractivity contribution in [3.8, 4) is 17.2 Å². The minimum Gasteiger partial charge on any atom is -0.481 e. The molecule has 4 nitrogen and oxygen atoms in total. The average molecular weight is 312 g/mol. The van der Waals surface area contributed by atoms with Crippen molar-refractivity contribution in [3.63, 3.8) is 0 Å². The van der Waals surface area contributed by atoms with E-state index in [1.54, 1.807) is 31.2 Å². The molecule has 23 heavy (non-hydrogen) atoms. The van der Waals surface area contributed by atoms with Gasteiger partial charge in [0.05, 0.1) is 18.1 Å². The second-order valence-corrected chi connectivity index (χ2v) is 5.51. The summed E-state index contributed by atoms with van der Waals surface area (Å²) in [5.41, 5.74) is 9.08. The third-order valence-corrected chi connectivity index (χ3v) is 3.76. The van der Waals surface area contributed by atoms with Crippen LogP contribution >= 0.6 is 0 Å². The summed E-state index contributed by atoms with van der Waals surface area (Å²) >= 11 is 0. The lowest BCUT2D eigenvalue weighted by Crippen LogP contribution is -2.17. The van der Waals surface area contributed by atoms with Crippen LogP contribution < -0.4 is 5.73 Å². The van der Waals surface area contributed by atoms with Gasteiger partial charge in [0.1, 0.15) is 5.82 Å². The van der Waals surface area contributed by atoms with Gasteiger partial charge in [-0.15, -0.1) is 0 Å². The molecular formula is C18H17FN2O2. The van der Waals surface area contributed by atoms with Crippen LogP contribution in [0.4, 0.5) is 4.39 Å². The average Bonchev–Trinajstić information content (AvgIpc) is 2.48. The van der Waals surface area contributed by atoms with Crippen LogP contribution in [0.1, 0.15) is 34.7 Å². The van der Waals surface area contributed by atoms with E-state index >= 15 is 0 Å². The maximum atomic E-state index is 14.3. The number of aryl methyl sites for hydroxylation is 2. The van der Waals surface area contributed by atoms with Gasteiger partial charge in [0.15, 0.2) is 0 Å². The van der Waals surface area contributed by atoms with Crippen LogP contribution in [-0.2, 0) is 4.79 Å². The minimum atomic E-state index is -1.09. The van der Waals surface area contributed by atoms with E-state index < -0.39 is 17.8 Å². The Bertz CT molecular complexity index is 809. The lowest BCUT2D eigenvalue weighted by molar-refractivity contribution is -0.137. The number of carbonyl (C=O) groups is 1. The van der Waals surface area contributed by atoms with Gasteiger partial charge in [-0.05, 0) is 48.7 Å². The molecule has 1 atom stereocenters. The first kappa shape index (κ1) is 16.7. The molecule has 2 rings (SSSR count). The van der Waals surface area contributed by atoms with E-state index in [4.69, 9.17) is 10.8 Å². The second-order valence-electron chi connectivity index (χ2n) is 5.51. The molecule has 0 bridgehead atoms. The third kappa shape index (κ3) is 3.38. The van der Waals surface area contributed by atoms with E-state index in [2.05, 4.69) is 6.07 Å². The van der Waals surface area contributed by atoms with Gasteiger partial charge in [0, 0.05) is 17.2 Å². The number of carboxylic acids is 1. The molecule has 2 aromatic rings. The molecule has 1 unspecified atom stereocenters. The van der Waals surface area contributed by atoms with Crippen molar-refractivity contribution in [2.75, 3.05) is 0 Å². The molecular weight excluding hydrogens is 295 g/mol. The summed E-state index contributed by atoms with van der Waals surface area (Å²) in [6.07, 6.45) is -0.362. The van der Waals surface area contributed by atoms with Crippen molar-refractivity contribution in [2.24, 2.45) is 5.73 Å². The van der Waals surface area contributed by atoms with Gasteiger partial charge in [-0.2, -0.15) is 5.26 Å². The Labute approximate surface area is 134 Å². The van der Waals surface area contributed by atoms with Gasteiger partial charge in [-0.25, -0.2) is 4.39 Å². The summed E-state index contributed by atoms with van der Waals surface area (Å²) in [7, 11) is 0. The van der Waals surface area contributed by atoms with Crippen LogP contribution in [0.2, 0.25) is 0 Å². The van der Waals surface area contributed by atoms with E-state index in [1.807, 2.05) is 13.0 Å². The fraction of sp³-hybridized carbons (Fsp3) is 0.222. The highest BCUT2D eigenvalue weighted by atomic mass is 19.1. The van der Waals surface area contributed by atoms with Crippen molar-refractivity contribution in [2.45, 2.75) is 26.3 Å². The molecule has 0 heterocycles. The molecule has 3 N–H and O–H groups in total. The fourth-order valence-electron chi connectivity index (χ4n) is 2.65. The maximum Gasteiger partial charge on any atom is 0.305 e. The number of nitrogens with zero attached hydrogens (tertiary/aromatic N) is 1. The summed E-state index contributed by atoms with van der Waals surface area (Å²) in [6.45, 7) is 3.46. The standard InChI is InChI=1S/C18H17FN2O2/c1-10-4-3-5-12(9-20)17(10)13-6-11(2)18(19)14(7-13)15(21)8-16(22)23/h3-7,15H,8,21H2,1-2H3,(H,22,23). The molecule has 0 aliphatic carbocycles. The van der Waals surface area contributed by atoms with E-state index in [9.17, 15) is 14.4 Å². The van der Waals surface area contributed by atoms with Gasteiger partial charge in [-0.3, -0.25) is 4.79 Å². The Morgan fingerprint density at radius 3 is 2.65 bits per heavy atom. The Morgan fingerprint density at radius 2 is 2.04 bits per heavy atom. The monoisotopic (exact) mass is 312 g/mol. The molecule has 0 aromatic heterocycles. The minimum absolute atomic E-state index is 0.148. The molecule has 0 aliphatic rings. The van der Waals surface area contributed by atoms with Gasteiger partial charge in [-0.1, -0.05) is 12.1 Å². The molecule has 5 heteroatoms. The van der Waals surface area contributed by atoms with E-state index in [1.165, 1.54) is 0 Å². The predicted molar refractivity (Wildman–Crippen MR) is 85.2 cm³/mol. The van der Waals surface area contributed by atoms with E-state index in [0.29, 0.717) is 22.3 Å². The number of rotatable bonds is 4. The number of benzene rings is 2. The molecule has 0 spiro atoms. The normalized spacial score (nSPS) is 11.8. The van der Waals surface area contributed by atoms with Crippen molar-refractivity contribution < 1.29 is 14.3 Å². The van der Waals surface area contributed by atoms with E-state index in [-0.39, 0.29) is 12.0 Å². The van der Waals surface area contributed by atoms with Crippen molar-refractivity contribution >= 4 is 5.97 Å². The summed E-state index contributed by atoms with van der Waals surface area (Å²) < 4.78 is 14.3. The maximum absolute atomic E-state index is 14.3. The van der Waals surface area contributed by atoms with Gasteiger partial charge >= 0.3 is 5.97 Å². The Hall–Kier alpha value is -2.71. The van der Waals surface area contributed by atoms with Crippen molar-refractivity contribution in [3.05, 3.63) is 58.4 Å². The number of nitriles is 1. The fourth-order valence-corrected chi connectivity index (χ4v) is 2.65. The molecule has 118 valence electrons. The predicted octanol–water partition coefficient (Wildman–Crippen LogP) is 3.46. The largest absolute Gasteiger partial charge is 0.481 e. The van der Waals surface area contributed by atoms with Gasteiger partial charge in [0.2, 0.25) is 0 Å². The number of nitrogens with two attached hydrogens (primary N) is 1. The van der Waals surface area contributed by atoms with Crippen LogP contribution in [0.3, 0.4) is 0 Å². The molecule has 2 aromatic carbocycles. The Morgan fingerprint density at radius 1 is 1.35 bits per heavy atom. The highest BCUT2D eigenvalue weighted by Gasteiger charge is 2.19. The smallest absolute Gasteiger partial charge is 0.305 e. The zero-order chi connectivity index (χ0) is 17.1. The molecule has 0 saturated carbocycles. The van der Waals surface area contributed by atoms with Crippen LogP contribution in [0, 0.1) is 31.0 Å². The molecule has 0 fully saturated rings. The highest BCUT2D eigenvalue weighted by Crippen LogP contribution is 2.32. The SMILES string of the molecule is Cc1cc(-c2c(C)cccc2C#N)cc(C(N)CC(=O)O)c1F. The summed E-state index contributed by atoms with van der Waals surface area (Å²) in [4.78, 5) is 10.8. The summed E-state index contributed by atoms with van der Waals surface area (Å²) in [5.74, 6) is -1.59. The zero-order valence-electron chi connectivity index (χ0n) is 12.9. The number of hydrogen-bond acceptors (Lipinski definition) is 3. The zero-order valence-corrected chi connectivity index (χ0v) is 12.9. The number of halogens is 1. The quantitative estimate of drug-likeness (QED) is 0.905. The molecule has 0 aliphatic heterocycles. The topological polar surface area (TPSA) is 87.1 Å². The van der Waals surface area contributed by atoms with Crippen molar-refractivity contribution in [1.29, 1.82) is 5.26 Å². The molecule has 0 amide bonds. The number of hydrogen-bond donors (Lipinski definition) is 2. The Kier molecular flexibility index (Phi) is 4.77. The highest BCUT2D eigenvalue weighted by molar-refractivity contribution is 5.75. The van der Waals surface area contributed by atoms with E-state index in [0.717, 1.165) is 5.56 Å². The number of carboxylic acid groups (broad SMARTS) is 1. The first-order valence-electron chi connectivity index (χ1n) is 7.12. The van der Waals surface area contributed by atoms with Crippen molar-refractivity contribution in [1.82, 2.24) is 0 Å². The second kappa shape index (κ2) is 6.59. The Balaban J connectivity index is 2.65. The number of aliphatic carboxylic acids is 1. The van der Waals surface area contributed by atoms with Crippen LogP contribution in [-0.4, -0.2) is 11.1 Å². The summed E-state index contributed by atoms with van der Waals surface area (Å²) in [5, 5.41) is 18.2. The summed E-state index contributed by atoms with van der Waals surface area (Å²) in [6, 6.07) is 9.72. The molecule has 0 radical (unpaired) electrons. The van der Waals surface area contributed by atoms with Gasteiger partial charge in [0.25, 0.3) is 0 Å². The molecule has 0 saturated heterocycles.